The third kappa shape index (κ3) is 5.83. The van der Waals surface area contributed by atoms with E-state index in [-0.39, 0.29) is 5.56 Å². The molecule has 0 atom stereocenters. The molecule has 1 N–H and O–H groups in total. The lowest BCUT2D eigenvalue weighted by molar-refractivity contribution is -0.141. The number of H-pyrrole nitrogens is 1. The van der Waals surface area contributed by atoms with Gasteiger partial charge in [0.15, 0.2) is 5.16 Å². The van der Waals surface area contributed by atoms with Crippen molar-refractivity contribution in [1.82, 2.24) is 19.9 Å². The van der Waals surface area contributed by atoms with Gasteiger partial charge in [0, 0.05) is 50.7 Å². The summed E-state index contributed by atoms with van der Waals surface area (Å²) in [6.07, 6.45) is 1.11. The lowest BCUT2D eigenvalue weighted by Gasteiger charge is -2.35. The number of halogens is 3. The first kappa shape index (κ1) is 20.4. The highest BCUT2D eigenvalue weighted by Gasteiger charge is 2.33. The molecule has 10 heteroatoms. The standard InChI is InChI=1S/C18H20F3N5OS/c19-18(20,21)14-4-3-5-15(23-14)26-11-9-25(10-12-26)8-1-2-13-28-17-22-7-6-16(27)24-17/h1-7H,8-13H2,(H,22,24,27)/b2-1+. The molecule has 28 heavy (non-hydrogen) atoms. The summed E-state index contributed by atoms with van der Waals surface area (Å²) in [6.45, 7) is 3.53. The molecule has 1 fully saturated rings. The Morgan fingerprint density at radius 1 is 1.14 bits per heavy atom. The second-order valence-electron chi connectivity index (χ2n) is 6.19. The first-order chi connectivity index (χ1) is 13.4. The molecule has 1 aliphatic rings. The highest BCUT2D eigenvalue weighted by atomic mass is 32.2. The highest BCUT2D eigenvalue weighted by molar-refractivity contribution is 7.99. The van der Waals surface area contributed by atoms with Crippen molar-refractivity contribution in [2.45, 2.75) is 11.3 Å². The van der Waals surface area contributed by atoms with Crippen LogP contribution in [0.1, 0.15) is 5.69 Å². The Balaban J connectivity index is 1.42. The Hall–Kier alpha value is -2.33. The van der Waals surface area contributed by atoms with Crippen LogP contribution in [0, 0.1) is 0 Å². The summed E-state index contributed by atoms with van der Waals surface area (Å²) in [7, 11) is 0. The Labute approximate surface area is 164 Å². The summed E-state index contributed by atoms with van der Waals surface area (Å²) in [5.41, 5.74) is -1.03. The molecular formula is C18H20F3N5OS. The number of nitrogens with one attached hydrogen (secondary N) is 1. The van der Waals surface area contributed by atoms with Crippen LogP contribution in [0.3, 0.4) is 0 Å². The number of hydrogen-bond acceptors (Lipinski definition) is 6. The van der Waals surface area contributed by atoms with Gasteiger partial charge in [-0.2, -0.15) is 13.2 Å². The van der Waals surface area contributed by atoms with Gasteiger partial charge in [-0.05, 0) is 12.1 Å². The first-order valence-electron chi connectivity index (χ1n) is 8.76. The number of hydrogen-bond donors (Lipinski definition) is 1. The van der Waals surface area contributed by atoms with E-state index in [1.54, 1.807) is 6.07 Å². The van der Waals surface area contributed by atoms with Gasteiger partial charge in [-0.3, -0.25) is 9.69 Å². The van der Waals surface area contributed by atoms with E-state index in [9.17, 15) is 18.0 Å². The van der Waals surface area contributed by atoms with Crippen LogP contribution in [0.25, 0.3) is 0 Å². The van der Waals surface area contributed by atoms with Gasteiger partial charge in [0.05, 0.1) is 0 Å². The molecule has 1 saturated heterocycles. The molecule has 6 nitrogen and oxygen atoms in total. The average molecular weight is 411 g/mol. The molecular weight excluding hydrogens is 391 g/mol. The third-order valence-corrected chi connectivity index (χ3v) is 5.06. The number of anilines is 1. The molecule has 2 aromatic heterocycles. The number of rotatable bonds is 6. The second kappa shape index (κ2) is 9.24. The van der Waals surface area contributed by atoms with E-state index in [0.717, 1.165) is 25.7 Å². The fourth-order valence-corrected chi connectivity index (χ4v) is 3.46. The van der Waals surface area contributed by atoms with Crippen molar-refractivity contribution < 1.29 is 13.2 Å². The van der Waals surface area contributed by atoms with Gasteiger partial charge < -0.3 is 9.88 Å². The minimum atomic E-state index is -4.43. The molecule has 0 radical (unpaired) electrons. The van der Waals surface area contributed by atoms with Gasteiger partial charge in [-0.25, -0.2) is 9.97 Å². The summed E-state index contributed by atoms with van der Waals surface area (Å²) in [5, 5.41) is 0.583. The normalized spacial score (nSPS) is 16.0. The van der Waals surface area contributed by atoms with Crippen LogP contribution in [-0.4, -0.2) is 58.3 Å². The summed E-state index contributed by atoms with van der Waals surface area (Å²) in [6, 6.07) is 5.37. The fraction of sp³-hybridized carbons (Fsp3) is 0.389. The van der Waals surface area contributed by atoms with E-state index in [2.05, 4.69) is 19.9 Å². The zero-order valence-corrected chi connectivity index (χ0v) is 15.8. The van der Waals surface area contributed by atoms with Crippen LogP contribution in [-0.2, 0) is 6.18 Å². The highest BCUT2D eigenvalue weighted by Crippen LogP contribution is 2.29. The number of piperazine rings is 1. The van der Waals surface area contributed by atoms with Crippen molar-refractivity contribution in [3.05, 3.63) is 58.7 Å². The van der Waals surface area contributed by atoms with Crippen molar-refractivity contribution in [2.75, 3.05) is 43.4 Å². The van der Waals surface area contributed by atoms with Crippen molar-refractivity contribution in [1.29, 1.82) is 0 Å². The van der Waals surface area contributed by atoms with Crippen LogP contribution < -0.4 is 10.5 Å². The van der Waals surface area contributed by atoms with Crippen molar-refractivity contribution in [3.8, 4) is 0 Å². The van der Waals surface area contributed by atoms with E-state index in [0.29, 0.717) is 29.8 Å². The first-order valence-corrected chi connectivity index (χ1v) is 9.75. The zero-order valence-electron chi connectivity index (χ0n) is 15.0. The Morgan fingerprint density at radius 3 is 2.64 bits per heavy atom. The average Bonchev–Trinajstić information content (AvgIpc) is 2.68. The van der Waals surface area contributed by atoms with Crippen LogP contribution >= 0.6 is 11.8 Å². The summed E-state index contributed by atoms with van der Waals surface area (Å²) < 4.78 is 38.4. The van der Waals surface area contributed by atoms with Gasteiger partial charge >= 0.3 is 6.18 Å². The molecule has 0 spiro atoms. The van der Waals surface area contributed by atoms with E-state index < -0.39 is 11.9 Å². The van der Waals surface area contributed by atoms with Crippen LogP contribution in [0.15, 0.2) is 52.6 Å². The van der Waals surface area contributed by atoms with E-state index in [1.807, 2.05) is 17.1 Å². The lowest BCUT2D eigenvalue weighted by atomic mass is 10.2. The number of alkyl halides is 3. The maximum atomic E-state index is 12.8. The predicted molar refractivity (Wildman–Crippen MR) is 103 cm³/mol. The third-order valence-electron chi connectivity index (χ3n) is 4.22. The van der Waals surface area contributed by atoms with Gasteiger partial charge in [-0.1, -0.05) is 30.0 Å². The molecule has 150 valence electrons. The number of pyridine rings is 1. The molecule has 3 rings (SSSR count). The van der Waals surface area contributed by atoms with Gasteiger partial charge in [0.1, 0.15) is 11.5 Å². The summed E-state index contributed by atoms with van der Waals surface area (Å²) in [5.74, 6) is 1.06. The van der Waals surface area contributed by atoms with Gasteiger partial charge in [-0.15, -0.1) is 0 Å². The van der Waals surface area contributed by atoms with E-state index >= 15 is 0 Å². The largest absolute Gasteiger partial charge is 0.433 e. The molecule has 1 aliphatic heterocycles. The zero-order chi connectivity index (χ0) is 20.0. The Bertz CT molecular complexity index is 863. The van der Waals surface area contributed by atoms with Gasteiger partial charge in [0.2, 0.25) is 0 Å². The maximum absolute atomic E-state index is 12.8. The number of aromatic amines is 1. The minimum absolute atomic E-state index is 0.172. The molecule has 0 aromatic carbocycles. The fourth-order valence-electron chi connectivity index (χ4n) is 2.76. The molecule has 0 unspecified atom stereocenters. The van der Waals surface area contributed by atoms with Crippen LogP contribution in [0.5, 0.6) is 0 Å². The quantitative estimate of drug-likeness (QED) is 0.448. The smallest absolute Gasteiger partial charge is 0.354 e. The van der Waals surface area contributed by atoms with E-state index in [1.165, 1.54) is 30.1 Å². The Morgan fingerprint density at radius 2 is 1.93 bits per heavy atom. The number of nitrogens with zero attached hydrogens (tertiary/aromatic N) is 4. The molecule has 0 saturated carbocycles. The minimum Gasteiger partial charge on any atom is -0.354 e. The lowest BCUT2D eigenvalue weighted by Crippen LogP contribution is -2.46. The molecule has 2 aromatic rings. The Kier molecular flexibility index (Phi) is 6.74. The van der Waals surface area contributed by atoms with Crippen molar-refractivity contribution >= 4 is 17.6 Å². The van der Waals surface area contributed by atoms with Crippen molar-refractivity contribution in [2.24, 2.45) is 0 Å². The topological polar surface area (TPSA) is 65.1 Å². The molecule has 3 heterocycles. The summed E-state index contributed by atoms with van der Waals surface area (Å²) in [4.78, 5) is 25.8. The monoisotopic (exact) mass is 411 g/mol. The number of aromatic nitrogens is 3. The van der Waals surface area contributed by atoms with Crippen LogP contribution in [0.2, 0.25) is 0 Å². The maximum Gasteiger partial charge on any atom is 0.433 e. The van der Waals surface area contributed by atoms with E-state index in [4.69, 9.17) is 0 Å². The van der Waals surface area contributed by atoms with Gasteiger partial charge in [0.25, 0.3) is 5.56 Å². The SMILES string of the molecule is O=c1ccnc(SC/C=C/CN2CCN(c3cccc(C(F)(F)F)n3)CC2)[nH]1. The summed E-state index contributed by atoms with van der Waals surface area (Å²) >= 11 is 1.44. The molecule has 0 amide bonds. The molecule has 0 aliphatic carbocycles. The van der Waals surface area contributed by atoms with Crippen LogP contribution in [0.4, 0.5) is 19.0 Å². The number of thioether (sulfide) groups is 1. The molecule has 0 bridgehead atoms. The van der Waals surface area contributed by atoms with Crippen molar-refractivity contribution in [3.63, 3.8) is 0 Å². The second-order valence-corrected chi connectivity index (χ2v) is 7.20. The predicted octanol–water partition coefficient (Wildman–Crippen LogP) is 2.65.